The molecule has 1 heteroatoms. The lowest BCUT2D eigenvalue weighted by atomic mass is 10.0. The Morgan fingerprint density at radius 1 is 1.13 bits per heavy atom. The molecular weight excluding hydrogens is 184 g/mol. The van der Waals surface area contributed by atoms with Crippen molar-refractivity contribution in [2.75, 3.05) is 0 Å². The highest BCUT2D eigenvalue weighted by atomic mass is 16.3. The molecule has 0 unspecified atom stereocenters. The zero-order valence-corrected chi connectivity index (χ0v) is 9.29. The molecule has 0 saturated carbocycles. The number of benzene rings is 1. The van der Waals surface area contributed by atoms with E-state index in [1.54, 1.807) is 0 Å². The van der Waals surface area contributed by atoms with Gasteiger partial charge in [-0.1, -0.05) is 38.1 Å². The number of hydrogen-bond donors (Lipinski definition) is 0. The second-order valence-corrected chi connectivity index (χ2v) is 3.38. The molecule has 1 aromatic carbocycles. The molecule has 0 spiro atoms. The van der Waals surface area contributed by atoms with Gasteiger partial charge in [-0.05, 0) is 25.0 Å². The van der Waals surface area contributed by atoms with Crippen molar-refractivity contribution in [3.8, 4) is 0 Å². The van der Waals surface area contributed by atoms with Crippen LogP contribution in [0.3, 0.4) is 0 Å². The van der Waals surface area contributed by atoms with Crippen molar-refractivity contribution in [2.24, 2.45) is 0 Å². The second kappa shape index (κ2) is 4.35. The maximum Gasteiger partial charge on any atom is 0.135 e. The van der Waals surface area contributed by atoms with E-state index in [-0.39, 0.29) is 0 Å². The molecule has 3 rings (SSSR count). The van der Waals surface area contributed by atoms with Gasteiger partial charge < -0.3 is 4.42 Å². The molecule has 15 heavy (non-hydrogen) atoms. The lowest BCUT2D eigenvalue weighted by Gasteiger charge is -2.01. The summed E-state index contributed by atoms with van der Waals surface area (Å²) < 4.78 is 5.70. The summed E-state index contributed by atoms with van der Waals surface area (Å²) in [5, 5.41) is 1.28. The van der Waals surface area contributed by atoms with Gasteiger partial charge in [0.25, 0.3) is 0 Å². The van der Waals surface area contributed by atoms with Gasteiger partial charge in [0.1, 0.15) is 11.3 Å². The van der Waals surface area contributed by atoms with Gasteiger partial charge in [-0.2, -0.15) is 0 Å². The third kappa shape index (κ3) is 1.70. The highest BCUT2D eigenvalue weighted by Crippen LogP contribution is 2.30. The molecule has 1 aliphatic carbocycles. The first-order valence-corrected chi connectivity index (χ1v) is 5.62. The van der Waals surface area contributed by atoms with E-state index in [1.807, 2.05) is 26.0 Å². The van der Waals surface area contributed by atoms with E-state index in [0.29, 0.717) is 0 Å². The molecular formula is C14H16O. The molecule has 0 amide bonds. The molecule has 1 heterocycles. The molecule has 1 aromatic heterocycles. The van der Waals surface area contributed by atoms with Crippen LogP contribution in [0.15, 0.2) is 34.8 Å². The first-order valence-electron chi connectivity index (χ1n) is 5.62. The Bertz CT molecular complexity index is 477. The molecule has 0 atom stereocenters. The zero-order valence-electron chi connectivity index (χ0n) is 9.29. The maximum absolute atomic E-state index is 5.70. The Labute approximate surface area is 90.4 Å². The SMILES string of the molecule is C1=Cc2oc3ccccc3c2CC1.CC. The molecule has 78 valence electrons. The van der Waals surface area contributed by atoms with Crippen molar-refractivity contribution >= 4 is 17.0 Å². The molecule has 0 radical (unpaired) electrons. The third-order valence-corrected chi connectivity index (χ3v) is 2.56. The highest BCUT2D eigenvalue weighted by Gasteiger charge is 2.12. The van der Waals surface area contributed by atoms with Gasteiger partial charge in [0.05, 0.1) is 0 Å². The van der Waals surface area contributed by atoms with Crippen molar-refractivity contribution in [3.63, 3.8) is 0 Å². The van der Waals surface area contributed by atoms with Crippen molar-refractivity contribution < 1.29 is 4.42 Å². The minimum Gasteiger partial charge on any atom is -0.456 e. The third-order valence-electron chi connectivity index (χ3n) is 2.56. The van der Waals surface area contributed by atoms with Crippen LogP contribution in [0, 0.1) is 0 Å². The first-order chi connectivity index (χ1) is 7.45. The second-order valence-electron chi connectivity index (χ2n) is 3.38. The van der Waals surface area contributed by atoms with Crippen LogP contribution >= 0.6 is 0 Å². The molecule has 1 nitrogen and oxygen atoms in total. The quantitative estimate of drug-likeness (QED) is 0.613. The first kappa shape index (κ1) is 10.0. The summed E-state index contributed by atoms with van der Waals surface area (Å²) >= 11 is 0. The molecule has 0 saturated heterocycles. The van der Waals surface area contributed by atoms with Crippen LogP contribution in [-0.2, 0) is 6.42 Å². The van der Waals surface area contributed by atoms with E-state index in [1.165, 1.54) is 10.9 Å². The van der Waals surface area contributed by atoms with Gasteiger partial charge in [-0.3, -0.25) is 0 Å². The van der Waals surface area contributed by atoms with Crippen LogP contribution in [0.25, 0.3) is 17.0 Å². The summed E-state index contributed by atoms with van der Waals surface area (Å²) in [7, 11) is 0. The number of para-hydroxylation sites is 1. The fourth-order valence-electron chi connectivity index (χ4n) is 1.93. The number of furan rings is 1. The number of aryl methyl sites for hydroxylation is 1. The summed E-state index contributed by atoms with van der Waals surface area (Å²) in [4.78, 5) is 0. The Morgan fingerprint density at radius 3 is 2.80 bits per heavy atom. The van der Waals surface area contributed by atoms with E-state index in [2.05, 4.69) is 24.3 Å². The van der Waals surface area contributed by atoms with Crippen molar-refractivity contribution in [2.45, 2.75) is 26.7 Å². The van der Waals surface area contributed by atoms with Crippen LogP contribution in [0.4, 0.5) is 0 Å². The van der Waals surface area contributed by atoms with Crippen LogP contribution in [-0.4, -0.2) is 0 Å². The van der Waals surface area contributed by atoms with Gasteiger partial charge in [0.2, 0.25) is 0 Å². The predicted molar refractivity (Wildman–Crippen MR) is 64.9 cm³/mol. The van der Waals surface area contributed by atoms with Crippen LogP contribution in [0.2, 0.25) is 0 Å². The average molecular weight is 200 g/mol. The Kier molecular flexibility index (Phi) is 2.91. The van der Waals surface area contributed by atoms with E-state index in [0.717, 1.165) is 24.2 Å². The van der Waals surface area contributed by atoms with Gasteiger partial charge in [-0.25, -0.2) is 0 Å². The number of rotatable bonds is 0. The normalized spacial score (nSPS) is 13.2. The smallest absolute Gasteiger partial charge is 0.135 e. The van der Waals surface area contributed by atoms with Crippen LogP contribution in [0.5, 0.6) is 0 Å². The molecule has 0 N–H and O–H groups in total. The summed E-state index contributed by atoms with van der Waals surface area (Å²) in [6, 6.07) is 8.25. The fourth-order valence-corrected chi connectivity index (χ4v) is 1.93. The number of allylic oxidation sites excluding steroid dienone is 1. The molecule has 1 aliphatic rings. The molecule has 0 bridgehead atoms. The predicted octanol–water partition coefficient (Wildman–Crippen LogP) is 4.42. The maximum atomic E-state index is 5.70. The highest BCUT2D eigenvalue weighted by molar-refractivity contribution is 5.85. The summed E-state index contributed by atoms with van der Waals surface area (Å²) in [5.74, 6) is 1.05. The van der Waals surface area contributed by atoms with E-state index in [4.69, 9.17) is 4.42 Å². The Balaban J connectivity index is 0.000000404. The lowest BCUT2D eigenvalue weighted by molar-refractivity contribution is 0.595. The molecule has 2 aromatic rings. The monoisotopic (exact) mass is 200 g/mol. The number of hydrogen-bond acceptors (Lipinski definition) is 1. The fraction of sp³-hybridized carbons (Fsp3) is 0.286. The van der Waals surface area contributed by atoms with Gasteiger partial charge in [-0.15, -0.1) is 0 Å². The average Bonchev–Trinajstić information content (AvgIpc) is 2.70. The Morgan fingerprint density at radius 2 is 1.93 bits per heavy atom. The topological polar surface area (TPSA) is 13.1 Å². The van der Waals surface area contributed by atoms with Crippen LogP contribution in [0.1, 0.15) is 31.6 Å². The van der Waals surface area contributed by atoms with Gasteiger partial charge >= 0.3 is 0 Å². The minimum atomic E-state index is 1.01. The number of fused-ring (bicyclic) bond motifs is 3. The van der Waals surface area contributed by atoms with E-state index < -0.39 is 0 Å². The zero-order chi connectivity index (χ0) is 10.7. The van der Waals surface area contributed by atoms with Crippen LogP contribution < -0.4 is 0 Å². The largest absolute Gasteiger partial charge is 0.456 e. The molecule has 0 fully saturated rings. The summed E-state index contributed by atoms with van der Waals surface area (Å²) in [5.41, 5.74) is 2.39. The standard InChI is InChI=1S/C12H10O.C2H6/c1-3-7-11-9(5-1)10-6-2-4-8-12(10)13-11;1-2/h1,3-5,7-8H,2,6H2;1-2H3. The lowest BCUT2D eigenvalue weighted by Crippen LogP contribution is -1.88. The summed E-state index contributed by atoms with van der Waals surface area (Å²) in [6.45, 7) is 4.00. The van der Waals surface area contributed by atoms with Gasteiger partial charge in [0.15, 0.2) is 0 Å². The van der Waals surface area contributed by atoms with E-state index in [9.17, 15) is 0 Å². The van der Waals surface area contributed by atoms with Gasteiger partial charge in [0, 0.05) is 10.9 Å². The Hall–Kier alpha value is -1.50. The van der Waals surface area contributed by atoms with E-state index >= 15 is 0 Å². The van der Waals surface area contributed by atoms with Crippen molar-refractivity contribution in [1.29, 1.82) is 0 Å². The summed E-state index contributed by atoms with van der Waals surface area (Å²) in [6.07, 6.45) is 6.50. The molecule has 0 aliphatic heterocycles. The van der Waals surface area contributed by atoms with Crippen molar-refractivity contribution in [1.82, 2.24) is 0 Å². The minimum absolute atomic E-state index is 1.01. The van der Waals surface area contributed by atoms with Crippen molar-refractivity contribution in [3.05, 3.63) is 41.7 Å².